The molecule has 1 aromatic carbocycles. The molecule has 0 aliphatic carbocycles. The van der Waals surface area contributed by atoms with Crippen LogP contribution in [0, 0.1) is 10.1 Å². The number of benzene rings is 1. The second kappa shape index (κ2) is 5.59. The molecule has 92 valence electrons. The van der Waals surface area contributed by atoms with Gasteiger partial charge in [0.1, 0.15) is 5.82 Å². The van der Waals surface area contributed by atoms with Gasteiger partial charge in [-0.15, -0.1) is 0 Å². The van der Waals surface area contributed by atoms with Crippen LogP contribution in [-0.4, -0.2) is 9.91 Å². The molecule has 0 amide bonds. The maximum Gasteiger partial charge on any atom is 0.274 e. The fraction of sp³-hybridized carbons (Fsp3) is 0.0833. The molecule has 0 saturated carbocycles. The van der Waals surface area contributed by atoms with E-state index in [0.717, 1.165) is 10.0 Å². The molecule has 6 heteroatoms. The summed E-state index contributed by atoms with van der Waals surface area (Å²) < 4.78 is 0.994. The zero-order chi connectivity index (χ0) is 13.0. The van der Waals surface area contributed by atoms with Gasteiger partial charge in [-0.25, -0.2) is 4.98 Å². The van der Waals surface area contributed by atoms with Crippen LogP contribution in [0.5, 0.6) is 0 Å². The van der Waals surface area contributed by atoms with E-state index in [4.69, 9.17) is 0 Å². The van der Waals surface area contributed by atoms with Gasteiger partial charge in [-0.2, -0.15) is 0 Å². The largest absolute Gasteiger partial charge is 0.366 e. The summed E-state index contributed by atoms with van der Waals surface area (Å²) in [7, 11) is 0. The first-order valence-corrected chi connectivity index (χ1v) is 6.03. The van der Waals surface area contributed by atoms with E-state index in [9.17, 15) is 10.1 Å². The molecule has 0 unspecified atom stereocenters. The molecule has 0 atom stereocenters. The molecule has 1 aromatic heterocycles. The van der Waals surface area contributed by atoms with E-state index in [-0.39, 0.29) is 5.69 Å². The molecule has 18 heavy (non-hydrogen) atoms. The summed E-state index contributed by atoms with van der Waals surface area (Å²) in [4.78, 5) is 14.2. The lowest BCUT2D eigenvalue weighted by molar-refractivity contribution is -0.384. The summed E-state index contributed by atoms with van der Waals surface area (Å²) in [5.74, 6) is 0.490. The summed E-state index contributed by atoms with van der Waals surface area (Å²) in [5.41, 5.74) is 1.10. The highest BCUT2D eigenvalue weighted by molar-refractivity contribution is 9.10. The molecule has 0 fully saturated rings. The minimum Gasteiger partial charge on any atom is -0.366 e. The predicted octanol–water partition coefficient (Wildman–Crippen LogP) is 3.36. The average molecular weight is 308 g/mol. The molecular weight excluding hydrogens is 298 g/mol. The fourth-order valence-electron chi connectivity index (χ4n) is 1.47. The number of nitrogens with one attached hydrogen (secondary N) is 1. The maximum absolute atomic E-state index is 10.6. The van der Waals surface area contributed by atoms with Crippen molar-refractivity contribution in [3.05, 3.63) is 62.7 Å². The molecule has 1 N–H and O–H groups in total. The van der Waals surface area contributed by atoms with Gasteiger partial charge < -0.3 is 5.32 Å². The van der Waals surface area contributed by atoms with Gasteiger partial charge in [0.2, 0.25) is 0 Å². The van der Waals surface area contributed by atoms with Gasteiger partial charge in [-0.05, 0) is 17.7 Å². The Bertz CT molecular complexity index is 575. The molecular formula is C12H10BrN3O2. The molecule has 0 aliphatic heterocycles. The lowest BCUT2D eigenvalue weighted by Gasteiger charge is -2.05. The number of aromatic nitrogens is 1. The Labute approximate surface area is 112 Å². The first-order valence-electron chi connectivity index (χ1n) is 5.24. The minimum atomic E-state index is -0.439. The Hall–Kier alpha value is -1.95. The van der Waals surface area contributed by atoms with Crippen LogP contribution in [-0.2, 0) is 6.54 Å². The first-order chi connectivity index (χ1) is 8.65. The third-order valence-electron chi connectivity index (χ3n) is 2.32. The number of anilines is 1. The van der Waals surface area contributed by atoms with Crippen molar-refractivity contribution in [3.8, 4) is 0 Å². The lowest BCUT2D eigenvalue weighted by atomic mass is 10.2. The summed E-state index contributed by atoms with van der Waals surface area (Å²) in [6, 6.07) is 10.6. The Morgan fingerprint density at radius 1 is 1.33 bits per heavy atom. The zero-order valence-electron chi connectivity index (χ0n) is 9.34. The van der Waals surface area contributed by atoms with Crippen LogP contribution < -0.4 is 5.32 Å². The standard InChI is InChI=1S/C12H10BrN3O2/c13-10-3-1-2-9(6-10)8-15-12-7-11(16(17)18)4-5-14-12/h1-7H,8H2,(H,14,15). The number of hydrogen-bond acceptors (Lipinski definition) is 4. The topological polar surface area (TPSA) is 68.1 Å². The normalized spacial score (nSPS) is 10.1. The molecule has 0 bridgehead atoms. The van der Waals surface area contributed by atoms with E-state index < -0.39 is 4.92 Å². The third-order valence-corrected chi connectivity index (χ3v) is 2.81. The van der Waals surface area contributed by atoms with Crippen molar-refractivity contribution in [2.45, 2.75) is 6.54 Å². The highest BCUT2D eigenvalue weighted by atomic mass is 79.9. The van der Waals surface area contributed by atoms with Gasteiger partial charge in [0.25, 0.3) is 5.69 Å². The third kappa shape index (κ3) is 3.27. The summed E-state index contributed by atoms with van der Waals surface area (Å²) >= 11 is 3.39. The van der Waals surface area contributed by atoms with Crippen LogP contribution >= 0.6 is 15.9 Å². The second-order valence-corrected chi connectivity index (χ2v) is 4.56. The van der Waals surface area contributed by atoms with Crippen molar-refractivity contribution in [3.63, 3.8) is 0 Å². The van der Waals surface area contributed by atoms with Gasteiger partial charge in [-0.3, -0.25) is 10.1 Å². The van der Waals surface area contributed by atoms with E-state index in [2.05, 4.69) is 26.2 Å². The Morgan fingerprint density at radius 3 is 2.89 bits per heavy atom. The minimum absolute atomic E-state index is 0.0294. The summed E-state index contributed by atoms with van der Waals surface area (Å²) in [6.07, 6.45) is 1.42. The molecule has 2 aromatic rings. The van der Waals surface area contributed by atoms with E-state index in [0.29, 0.717) is 12.4 Å². The number of nitrogens with zero attached hydrogens (tertiary/aromatic N) is 2. The molecule has 0 radical (unpaired) electrons. The molecule has 1 heterocycles. The SMILES string of the molecule is O=[N+]([O-])c1ccnc(NCc2cccc(Br)c2)c1. The van der Waals surface area contributed by atoms with Crippen molar-refractivity contribution in [1.82, 2.24) is 4.98 Å². The van der Waals surface area contributed by atoms with E-state index in [1.165, 1.54) is 18.3 Å². The molecule has 0 aliphatic rings. The van der Waals surface area contributed by atoms with Crippen LogP contribution in [0.1, 0.15) is 5.56 Å². The maximum atomic E-state index is 10.6. The van der Waals surface area contributed by atoms with Gasteiger partial charge in [-0.1, -0.05) is 28.1 Å². The van der Waals surface area contributed by atoms with Crippen LogP contribution in [0.15, 0.2) is 47.1 Å². The predicted molar refractivity (Wildman–Crippen MR) is 72.4 cm³/mol. The molecule has 0 saturated heterocycles. The second-order valence-electron chi connectivity index (χ2n) is 3.64. The fourth-order valence-corrected chi connectivity index (χ4v) is 1.92. The highest BCUT2D eigenvalue weighted by Gasteiger charge is 2.06. The summed E-state index contributed by atoms with van der Waals surface area (Å²) in [6.45, 7) is 0.563. The van der Waals surface area contributed by atoms with Crippen molar-refractivity contribution in [2.24, 2.45) is 0 Å². The van der Waals surface area contributed by atoms with Crippen molar-refractivity contribution < 1.29 is 4.92 Å². The van der Waals surface area contributed by atoms with Gasteiger partial charge >= 0.3 is 0 Å². The zero-order valence-corrected chi connectivity index (χ0v) is 10.9. The van der Waals surface area contributed by atoms with Crippen LogP contribution in [0.25, 0.3) is 0 Å². The Kier molecular flexibility index (Phi) is 3.88. The number of halogens is 1. The molecule has 0 spiro atoms. The van der Waals surface area contributed by atoms with Crippen LogP contribution in [0.3, 0.4) is 0 Å². The van der Waals surface area contributed by atoms with Gasteiger partial charge in [0.15, 0.2) is 0 Å². The average Bonchev–Trinajstić information content (AvgIpc) is 2.37. The summed E-state index contributed by atoms with van der Waals surface area (Å²) in [5, 5.41) is 13.7. The Balaban J connectivity index is 2.06. The van der Waals surface area contributed by atoms with Crippen LogP contribution in [0.2, 0.25) is 0 Å². The van der Waals surface area contributed by atoms with Crippen molar-refractivity contribution in [1.29, 1.82) is 0 Å². The quantitative estimate of drug-likeness (QED) is 0.694. The smallest absolute Gasteiger partial charge is 0.274 e. The lowest BCUT2D eigenvalue weighted by Crippen LogP contribution is -2.01. The number of pyridine rings is 1. The van der Waals surface area contributed by atoms with E-state index in [1.54, 1.807) is 0 Å². The highest BCUT2D eigenvalue weighted by Crippen LogP contribution is 2.16. The van der Waals surface area contributed by atoms with E-state index in [1.807, 2.05) is 24.3 Å². The monoisotopic (exact) mass is 307 g/mol. The number of rotatable bonds is 4. The Morgan fingerprint density at radius 2 is 2.17 bits per heavy atom. The molecule has 5 nitrogen and oxygen atoms in total. The van der Waals surface area contributed by atoms with Crippen molar-refractivity contribution >= 4 is 27.4 Å². The van der Waals surface area contributed by atoms with Crippen molar-refractivity contribution in [2.75, 3.05) is 5.32 Å². The number of nitro groups is 1. The first kappa shape index (κ1) is 12.5. The molecule has 2 rings (SSSR count). The van der Waals surface area contributed by atoms with Crippen LogP contribution in [0.4, 0.5) is 11.5 Å². The van der Waals surface area contributed by atoms with Gasteiger partial charge in [0, 0.05) is 23.3 Å². The van der Waals surface area contributed by atoms with Gasteiger partial charge in [0.05, 0.1) is 11.0 Å². The number of hydrogen-bond donors (Lipinski definition) is 1. The van der Waals surface area contributed by atoms with E-state index >= 15 is 0 Å².